The third-order valence-electron chi connectivity index (χ3n) is 4.40. The van der Waals surface area contributed by atoms with Gasteiger partial charge in [0.1, 0.15) is 11.5 Å². The van der Waals surface area contributed by atoms with Crippen LogP contribution < -0.4 is 16.2 Å². The summed E-state index contributed by atoms with van der Waals surface area (Å²) in [5.41, 5.74) is 1.47. The van der Waals surface area contributed by atoms with Gasteiger partial charge in [0.2, 0.25) is 0 Å². The lowest BCUT2D eigenvalue weighted by Gasteiger charge is -2.13. The standard InChI is InChI=1S/C19H14ClF6N5O3/c20-13-5-11(19(24,25)26)7-27-15(13)28-8-12-6-14(31-34-12)17(33)30-29-16(32)9-2-1-3-10(4-9)18(21,22)23/h1-5,7,12H,6,8H2,(H,27,28)(H,29,32)(H,30,33)/t12-/m1/s1. The molecule has 3 N–H and O–H groups in total. The second-order valence-electron chi connectivity index (χ2n) is 6.89. The maximum atomic E-state index is 12.8. The number of hydrogen-bond acceptors (Lipinski definition) is 6. The number of carbonyl (C=O) groups excluding carboxylic acids is 2. The van der Waals surface area contributed by atoms with Crippen LogP contribution >= 0.6 is 11.6 Å². The number of anilines is 1. The highest BCUT2D eigenvalue weighted by atomic mass is 35.5. The number of benzene rings is 1. The lowest BCUT2D eigenvalue weighted by Crippen LogP contribution is -2.45. The van der Waals surface area contributed by atoms with Crippen LogP contribution in [0.25, 0.3) is 0 Å². The molecule has 1 aliphatic rings. The zero-order chi connectivity index (χ0) is 25.1. The molecule has 0 saturated carbocycles. The molecule has 1 aromatic carbocycles. The number of hydrogen-bond donors (Lipinski definition) is 3. The molecule has 0 saturated heterocycles. The first kappa shape index (κ1) is 25.1. The van der Waals surface area contributed by atoms with Crippen molar-refractivity contribution in [3.63, 3.8) is 0 Å². The van der Waals surface area contributed by atoms with E-state index < -0.39 is 41.4 Å². The molecule has 0 spiro atoms. The van der Waals surface area contributed by atoms with Crippen molar-refractivity contribution >= 4 is 34.9 Å². The molecule has 182 valence electrons. The second kappa shape index (κ2) is 9.75. The summed E-state index contributed by atoms with van der Waals surface area (Å²) in [6.07, 6.45) is -9.39. The third-order valence-corrected chi connectivity index (χ3v) is 4.69. The fourth-order valence-corrected chi connectivity index (χ4v) is 2.93. The minimum absolute atomic E-state index is 0.0189. The zero-order valence-corrected chi connectivity index (χ0v) is 17.5. The molecule has 34 heavy (non-hydrogen) atoms. The predicted octanol–water partition coefficient (Wildman–Crippen LogP) is 3.79. The number of oxime groups is 1. The molecule has 8 nitrogen and oxygen atoms in total. The number of carbonyl (C=O) groups is 2. The van der Waals surface area contributed by atoms with Crippen LogP contribution in [0.15, 0.2) is 41.7 Å². The first-order chi connectivity index (χ1) is 15.8. The van der Waals surface area contributed by atoms with E-state index in [1.54, 1.807) is 0 Å². The van der Waals surface area contributed by atoms with E-state index >= 15 is 0 Å². The summed E-state index contributed by atoms with van der Waals surface area (Å²) in [4.78, 5) is 32.8. The number of alkyl halides is 6. The molecule has 0 bridgehead atoms. The van der Waals surface area contributed by atoms with Crippen LogP contribution in [0.2, 0.25) is 5.02 Å². The Kier molecular flexibility index (Phi) is 7.19. The Bertz CT molecular complexity index is 1120. The molecule has 0 aliphatic carbocycles. The average Bonchev–Trinajstić information content (AvgIpc) is 3.24. The highest BCUT2D eigenvalue weighted by Gasteiger charge is 2.32. The van der Waals surface area contributed by atoms with Crippen LogP contribution in [0, 0.1) is 0 Å². The number of aromatic nitrogens is 1. The molecule has 2 aromatic rings. The average molecular weight is 510 g/mol. The van der Waals surface area contributed by atoms with Crippen LogP contribution in [-0.4, -0.2) is 35.2 Å². The Balaban J connectivity index is 1.48. The van der Waals surface area contributed by atoms with Crippen LogP contribution in [0.1, 0.15) is 27.9 Å². The van der Waals surface area contributed by atoms with E-state index in [4.69, 9.17) is 16.4 Å². The van der Waals surface area contributed by atoms with Crippen molar-refractivity contribution in [2.24, 2.45) is 5.16 Å². The molecule has 2 heterocycles. The van der Waals surface area contributed by atoms with Gasteiger partial charge in [0.05, 0.1) is 22.7 Å². The Morgan fingerprint density at radius 3 is 2.35 bits per heavy atom. The molecule has 0 unspecified atom stereocenters. The lowest BCUT2D eigenvalue weighted by molar-refractivity contribution is -0.138. The molecular weight excluding hydrogens is 496 g/mol. The van der Waals surface area contributed by atoms with Crippen LogP contribution in [0.5, 0.6) is 0 Å². The summed E-state index contributed by atoms with van der Waals surface area (Å²) in [6, 6.07) is 4.30. The monoisotopic (exact) mass is 509 g/mol. The van der Waals surface area contributed by atoms with Crippen molar-refractivity contribution in [1.82, 2.24) is 15.8 Å². The van der Waals surface area contributed by atoms with Crippen molar-refractivity contribution in [3.8, 4) is 0 Å². The normalized spacial score (nSPS) is 15.9. The first-order valence-electron chi connectivity index (χ1n) is 9.32. The molecule has 1 aromatic heterocycles. The number of nitrogens with zero attached hydrogens (tertiary/aromatic N) is 2. The number of hydrazine groups is 1. The molecule has 0 radical (unpaired) electrons. The summed E-state index contributed by atoms with van der Waals surface area (Å²) >= 11 is 5.79. The van der Waals surface area contributed by atoms with Gasteiger partial charge in [0.25, 0.3) is 11.8 Å². The van der Waals surface area contributed by atoms with Gasteiger partial charge in [-0.2, -0.15) is 26.3 Å². The van der Waals surface area contributed by atoms with Crippen molar-refractivity contribution in [2.75, 3.05) is 11.9 Å². The topological polar surface area (TPSA) is 105 Å². The van der Waals surface area contributed by atoms with E-state index in [0.29, 0.717) is 18.3 Å². The van der Waals surface area contributed by atoms with Gasteiger partial charge in [-0.05, 0) is 24.3 Å². The van der Waals surface area contributed by atoms with E-state index in [0.717, 1.165) is 18.2 Å². The highest BCUT2D eigenvalue weighted by molar-refractivity contribution is 6.39. The molecule has 1 aliphatic heterocycles. The van der Waals surface area contributed by atoms with Gasteiger partial charge < -0.3 is 10.2 Å². The summed E-state index contributed by atoms with van der Waals surface area (Å²) in [5, 5.41) is 5.96. The van der Waals surface area contributed by atoms with Gasteiger partial charge in [0.15, 0.2) is 6.10 Å². The first-order valence-corrected chi connectivity index (χ1v) is 9.69. The fourth-order valence-electron chi connectivity index (χ4n) is 2.70. The maximum absolute atomic E-state index is 12.8. The molecule has 15 heteroatoms. The fraction of sp³-hybridized carbons (Fsp3) is 0.263. The molecule has 1 atom stereocenters. The SMILES string of the molecule is O=C(NNC(=O)c1cccc(C(F)(F)F)c1)C1=NO[C@@H](CNc2ncc(C(F)(F)F)cc2Cl)C1. The summed E-state index contributed by atoms with van der Waals surface area (Å²) in [5.74, 6) is -1.89. The smallest absolute Gasteiger partial charge is 0.390 e. The Morgan fingerprint density at radius 2 is 1.71 bits per heavy atom. The number of halogens is 7. The Morgan fingerprint density at radius 1 is 1.03 bits per heavy atom. The Hall–Kier alpha value is -3.55. The number of amides is 2. The summed E-state index contributed by atoms with van der Waals surface area (Å²) < 4.78 is 76.2. The quantitative estimate of drug-likeness (QED) is 0.420. The molecule has 2 amide bonds. The lowest BCUT2D eigenvalue weighted by atomic mass is 10.1. The summed E-state index contributed by atoms with van der Waals surface area (Å²) in [6.45, 7) is -0.0189. The summed E-state index contributed by atoms with van der Waals surface area (Å²) in [7, 11) is 0. The van der Waals surface area contributed by atoms with Crippen molar-refractivity contribution in [3.05, 3.63) is 58.2 Å². The molecule has 0 fully saturated rings. The highest BCUT2D eigenvalue weighted by Crippen LogP contribution is 2.32. The minimum Gasteiger partial charge on any atom is -0.390 e. The minimum atomic E-state index is -4.64. The van der Waals surface area contributed by atoms with Gasteiger partial charge in [0, 0.05) is 18.2 Å². The van der Waals surface area contributed by atoms with Crippen LogP contribution in [0.3, 0.4) is 0 Å². The third kappa shape index (κ3) is 6.27. The van der Waals surface area contributed by atoms with Gasteiger partial charge >= 0.3 is 12.4 Å². The predicted molar refractivity (Wildman–Crippen MR) is 107 cm³/mol. The second-order valence-corrected chi connectivity index (χ2v) is 7.30. The van der Waals surface area contributed by atoms with E-state index in [2.05, 4.69) is 15.5 Å². The molecule has 3 rings (SSSR count). The van der Waals surface area contributed by atoms with Gasteiger partial charge in [-0.1, -0.05) is 22.8 Å². The zero-order valence-electron chi connectivity index (χ0n) is 16.7. The Labute approximate surface area is 192 Å². The van der Waals surface area contributed by atoms with E-state index in [-0.39, 0.29) is 35.1 Å². The van der Waals surface area contributed by atoms with Crippen LogP contribution in [0.4, 0.5) is 32.2 Å². The number of rotatable bonds is 5. The van der Waals surface area contributed by atoms with Crippen molar-refractivity contribution < 1.29 is 40.8 Å². The van der Waals surface area contributed by atoms with Gasteiger partial charge in [-0.3, -0.25) is 20.4 Å². The molecular formula is C19H14ClF6N5O3. The number of nitrogens with one attached hydrogen (secondary N) is 3. The van der Waals surface area contributed by atoms with Gasteiger partial charge in [-0.25, -0.2) is 4.98 Å². The van der Waals surface area contributed by atoms with E-state index in [1.165, 1.54) is 0 Å². The van der Waals surface area contributed by atoms with Gasteiger partial charge in [-0.15, -0.1) is 0 Å². The van der Waals surface area contributed by atoms with Crippen molar-refractivity contribution in [1.29, 1.82) is 0 Å². The number of pyridine rings is 1. The van der Waals surface area contributed by atoms with Crippen LogP contribution in [-0.2, 0) is 22.0 Å². The van der Waals surface area contributed by atoms with Crippen molar-refractivity contribution in [2.45, 2.75) is 24.9 Å². The maximum Gasteiger partial charge on any atom is 0.417 e. The largest absolute Gasteiger partial charge is 0.417 e. The van der Waals surface area contributed by atoms with E-state index in [9.17, 15) is 35.9 Å². The van der Waals surface area contributed by atoms with E-state index in [1.807, 2.05) is 10.9 Å².